The molecule has 4 aromatic rings. The zero-order valence-corrected chi connectivity index (χ0v) is 21.9. The van der Waals surface area contributed by atoms with Crippen LogP contribution in [0.25, 0.3) is 17.4 Å². The number of aromatic nitrogens is 1. The minimum Gasteiger partial charge on any atom is -0.478 e. The molecule has 38 heavy (non-hydrogen) atoms. The standard InChI is InChI=1S/C28H21ClN2O6S/c1-3-36-27(35)23-15(2)30-28-31(24(23)19-10-6-7-11-20(19)29)25(32)22(38-28)14-16-12-13-21(37-16)17-8-4-5-9-18(17)26(33)34/h4-14,24H,3H2,1-2H3,(H,33,34)/t24-/m0/s1. The van der Waals surface area contributed by atoms with Crippen molar-refractivity contribution in [2.24, 2.45) is 4.99 Å². The zero-order chi connectivity index (χ0) is 27.0. The number of hydrogen-bond donors (Lipinski definition) is 1. The monoisotopic (exact) mass is 548 g/mol. The molecule has 0 bridgehead atoms. The molecule has 0 spiro atoms. The van der Waals surface area contributed by atoms with Crippen LogP contribution in [0, 0.1) is 0 Å². The van der Waals surface area contributed by atoms with Gasteiger partial charge in [0.05, 0.1) is 28.0 Å². The number of thiazole rings is 1. The van der Waals surface area contributed by atoms with Crippen molar-refractivity contribution in [3.05, 3.63) is 114 Å². The lowest BCUT2D eigenvalue weighted by atomic mass is 9.96. The third-order valence-electron chi connectivity index (χ3n) is 6.04. The first-order valence-electron chi connectivity index (χ1n) is 11.7. The topological polar surface area (TPSA) is 111 Å². The summed E-state index contributed by atoms with van der Waals surface area (Å²) < 4.78 is 13.0. The van der Waals surface area contributed by atoms with Crippen LogP contribution >= 0.6 is 22.9 Å². The van der Waals surface area contributed by atoms with E-state index in [0.29, 0.717) is 42.7 Å². The molecule has 0 saturated carbocycles. The summed E-state index contributed by atoms with van der Waals surface area (Å²) in [7, 11) is 0. The number of esters is 1. The molecular weight excluding hydrogens is 528 g/mol. The van der Waals surface area contributed by atoms with Crippen molar-refractivity contribution in [2.75, 3.05) is 6.61 Å². The Labute approximate surface area is 225 Å². The summed E-state index contributed by atoms with van der Waals surface area (Å²) in [6.45, 7) is 3.58. The van der Waals surface area contributed by atoms with Crippen LogP contribution in [0.15, 0.2) is 86.1 Å². The van der Waals surface area contributed by atoms with Gasteiger partial charge in [-0.15, -0.1) is 0 Å². The lowest BCUT2D eigenvalue weighted by Crippen LogP contribution is -2.40. The highest BCUT2D eigenvalue weighted by Crippen LogP contribution is 2.34. The van der Waals surface area contributed by atoms with E-state index in [2.05, 4.69) is 4.99 Å². The Kier molecular flexibility index (Phi) is 6.88. The quantitative estimate of drug-likeness (QED) is 0.357. The molecule has 2 aromatic carbocycles. The van der Waals surface area contributed by atoms with Crippen LogP contribution < -0.4 is 14.9 Å². The SMILES string of the molecule is CCOC(=O)C1=C(C)N=c2sc(=Cc3ccc(-c4ccccc4C(=O)O)o3)c(=O)n2[C@H]1c1ccccc1Cl. The van der Waals surface area contributed by atoms with E-state index < -0.39 is 18.0 Å². The fourth-order valence-electron chi connectivity index (χ4n) is 4.37. The van der Waals surface area contributed by atoms with Gasteiger partial charge in [-0.2, -0.15) is 0 Å². The van der Waals surface area contributed by atoms with Gasteiger partial charge in [0.2, 0.25) is 0 Å². The van der Waals surface area contributed by atoms with Crippen molar-refractivity contribution in [2.45, 2.75) is 19.9 Å². The summed E-state index contributed by atoms with van der Waals surface area (Å²) in [5, 5.41) is 9.90. The van der Waals surface area contributed by atoms with Crippen molar-refractivity contribution in [3.63, 3.8) is 0 Å². The molecule has 1 aliphatic rings. The summed E-state index contributed by atoms with van der Waals surface area (Å²) in [5.74, 6) is -0.919. The van der Waals surface area contributed by atoms with E-state index in [1.165, 1.54) is 10.6 Å². The molecule has 1 atom stereocenters. The Balaban J connectivity index is 1.65. The summed E-state index contributed by atoms with van der Waals surface area (Å²) in [5.41, 5.74) is 1.40. The number of allylic oxidation sites excluding steroid dienone is 1. The number of furan rings is 1. The molecule has 0 fully saturated rings. The normalized spacial score (nSPS) is 15.2. The summed E-state index contributed by atoms with van der Waals surface area (Å²) in [4.78, 5) is 43.2. The van der Waals surface area contributed by atoms with E-state index in [1.807, 2.05) is 0 Å². The number of hydrogen-bond acceptors (Lipinski definition) is 7. The molecule has 0 radical (unpaired) electrons. The second-order valence-electron chi connectivity index (χ2n) is 8.38. The highest BCUT2D eigenvalue weighted by molar-refractivity contribution is 7.07. The molecule has 1 N–H and O–H groups in total. The van der Waals surface area contributed by atoms with E-state index >= 15 is 0 Å². The van der Waals surface area contributed by atoms with Crippen LogP contribution in [0.5, 0.6) is 0 Å². The van der Waals surface area contributed by atoms with E-state index in [-0.39, 0.29) is 23.3 Å². The van der Waals surface area contributed by atoms with Crippen molar-refractivity contribution in [3.8, 4) is 11.3 Å². The molecule has 0 unspecified atom stereocenters. The average Bonchev–Trinajstić information content (AvgIpc) is 3.48. The van der Waals surface area contributed by atoms with E-state index in [4.69, 9.17) is 20.8 Å². The minimum absolute atomic E-state index is 0.106. The van der Waals surface area contributed by atoms with Crippen LogP contribution in [0.2, 0.25) is 5.02 Å². The van der Waals surface area contributed by atoms with Crippen molar-refractivity contribution in [1.29, 1.82) is 0 Å². The largest absolute Gasteiger partial charge is 0.478 e. The molecule has 2 aromatic heterocycles. The van der Waals surface area contributed by atoms with Gasteiger partial charge in [-0.3, -0.25) is 9.36 Å². The molecule has 1 aliphatic heterocycles. The Morgan fingerprint density at radius 2 is 1.89 bits per heavy atom. The summed E-state index contributed by atoms with van der Waals surface area (Å²) >= 11 is 7.67. The number of nitrogens with zero attached hydrogens (tertiary/aromatic N) is 2. The van der Waals surface area contributed by atoms with Crippen molar-refractivity contribution in [1.82, 2.24) is 4.57 Å². The molecule has 192 valence electrons. The molecule has 10 heteroatoms. The van der Waals surface area contributed by atoms with E-state index in [1.54, 1.807) is 74.5 Å². The van der Waals surface area contributed by atoms with Gasteiger partial charge in [0, 0.05) is 16.7 Å². The fourth-order valence-corrected chi connectivity index (χ4v) is 5.64. The first kappa shape index (κ1) is 25.4. The predicted molar refractivity (Wildman–Crippen MR) is 143 cm³/mol. The second-order valence-corrected chi connectivity index (χ2v) is 9.79. The van der Waals surface area contributed by atoms with Crippen molar-refractivity contribution >= 4 is 41.0 Å². The Morgan fingerprint density at radius 3 is 2.63 bits per heavy atom. The molecule has 0 aliphatic carbocycles. The van der Waals surface area contributed by atoms with Gasteiger partial charge in [0.1, 0.15) is 17.6 Å². The van der Waals surface area contributed by atoms with Gasteiger partial charge in [0.25, 0.3) is 5.56 Å². The highest BCUT2D eigenvalue weighted by Gasteiger charge is 2.34. The van der Waals surface area contributed by atoms with E-state index in [0.717, 1.165) is 11.3 Å². The maximum Gasteiger partial charge on any atom is 0.338 e. The van der Waals surface area contributed by atoms with E-state index in [9.17, 15) is 19.5 Å². The van der Waals surface area contributed by atoms with Gasteiger partial charge in [-0.05, 0) is 43.7 Å². The Morgan fingerprint density at radius 1 is 1.16 bits per heavy atom. The summed E-state index contributed by atoms with van der Waals surface area (Å²) in [6.07, 6.45) is 1.57. The molecule has 5 rings (SSSR count). The number of carbonyl (C=O) groups is 2. The third kappa shape index (κ3) is 4.51. The number of benzene rings is 2. The number of carboxylic acids is 1. The minimum atomic E-state index is -1.07. The van der Waals surface area contributed by atoms with Crippen LogP contribution in [-0.4, -0.2) is 28.2 Å². The molecular formula is C28H21ClN2O6S. The smallest absolute Gasteiger partial charge is 0.338 e. The number of ether oxygens (including phenoxy) is 1. The molecule has 0 saturated heterocycles. The van der Waals surface area contributed by atoms with Crippen LogP contribution in [0.1, 0.15) is 41.6 Å². The maximum atomic E-state index is 13.7. The van der Waals surface area contributed by atoms with Gasteiger partial charge < -0.3 is 14.3 Å². The number of halogens is 1. The van der Waals surface area contributed by atoms with Gasteiger partial charge in [-0.1, -0.05) is 59.3 Å². The zero-order valence-electron chi connectivity index (χ0n) is 20.3. The molecule has 0 amide bonds. The van der Waals surface area contributed by atoms with Crippen LogP contribution in [0.4, 0.5) is 0 Å². The first-order chi connectivity index (χ1) is 18.3. The number of aromatic carboxylic acids is 1. The number of carbonyl (C=O) groups excluding carboxylic acids is 1. The average molecular weight is 549 g/mol. The maximum absolute atomic E-state index is 13.7. The third-order valence-corrected chi connectivity index (χ3v) is 7.37. The van der Waals surface area contributed by atoms with Crippen molar-refractivity contribution < 1.29 is 23.8 Å². The molecule has 3 heterocycles. The second kappa shape index (κ2) is 10.3. The fraction of sp³-hybridized carbons (Fsp3) is 0.143. The first-order valence-corrected chi connectivity index (χ1v) is 12.9. The summed E-state index contributed by atoms with van der Waals surface area (Å²) in [6, 6.07) is 16.0. The number of fused-ring (bicyclic) bond motifs is 1. The Hall–Kier alpha value is -4.21. The van der Waals surface area contributed by atoms with Crippen LogP contribution in [0.3, 0.4) is 0 Å². The highest BCUT2D eigenvalue weighted by atomic mass is 35.5. The lowest BCUT2D eigenvalue weighted by Gasteiger charge is -2.25. The molecule has 8 nitrogen and oxygen atoms in total. The van der Waals surface area contributed by atoms with Gasteiger partial charge in [-0.25, -0.2) is 14.6 Å². The number of carboxylic acid groups (broad SMARTS) is 1. The van der Waals surface area contributed by atoms with Crippen LogP contribution in [-0.2, 0) is 9.53 Å². The number of rotatable bonds is 6. The predicted octanol–water partition coefficient (Wildman–Crippen LogP) is 4.41. The van der Waals surface area contributed by atoms with Gasteiger partial charge >= 0.3 is 11.9 Å². The lowest BCUT2D eigenvalue weighted by molar-refractivity contribution is -0.139. The van der Waals surface area contributed by atoms with Gasteiger partial charge in [0.15, 0.2) is 4.80 Å². The Bertz CT molecular complexity index is 1800.